The van der Waals surface area contributed by atoms with E-state index in [1.54, 1.807) is 36.4 Å². The molecule has 0 aliphatic rings. The van der Waals surface area contributed by atoms with Crippen LogP contribution >= 0.6 is 11.6 Å². The number of nitrogens with zero attached hydrogens (tertiary/aromatic N) is 2. The molecule has 0 bridgehead atoms. The third-order valence-corrected chi connectivity index (χ3v) is 9.24. The topological polar surface area (TPSA) is 96.0 Å². The van der Waals surface area contributed by atoms with Gasteiger partial charge in [-0.3, -0.25) is 13.9 Å². The quantitative estimate of drug-likeness (QED) is 0.162. The Morgan fingerprint density at radius 3 is 2.13 bits per heavy atom. The lowest BCUT2D eigenvalue weighted by molar-refractivity contribution is -0.140. The maximum Gasteiger partial charge on any atom is 0.264 e. The second-order valence-electron chi connectivity index (χ2n) is 10.5. The number of halogens is 2. The van der Waals surface area contributed by atoms with E-state index in [1.807, 2.05) is 44.2 Å². The highest BCUT2D eigenvalue weighted by Gasteiger charge is 2.34. The van der Waals surface area contributed by atoms with Crippen LogP contribution in [0.25, 0.3) is 0 Å². The third-order valence-electron chi connectivity index (χ3n) is 7.20. The normalized spacial score (nSPS) is 11.8. The molecule has 4 aromatic rings. The first-order valence-corrected chi connectivity index (χ1v) is 16.8. The van der Waals surface area contributed by atoms with Gasteiger partial charge in [-0.15, -0.1) is 0 Å². The average Bonchev–Trinajstić information content (AvgIpc) is 3.06. The Kier molecular flexibility index (Phi) is 12.2. The number of hydrogen-bond donors (Lipinski definition) is 1. The minimum atomic E-state index is -4.36. The summed E-state index contributed by atoms with van der Waals surface area (Å²) < 4.78 is 48.4. The predicted molar refractivity (Wildman–Crippen MR) is 178 cm³/mol. The van der Waals surface area contributed by atoms with Crippen LogP contribution in [-0.2, 0) is 32.6 Å². The minimum absolute atomic E-state index is 0.0146. The summed E-state index contributed by atoms with van der Waals surface area (Å²) in [4.78, 5) is 29.3. The van der Waals surface area contributed by atoms with Gasteiger partial charge in [-0.25, -0.2) is 12.8 Å². The molecule has 0 radical (unpaired) electrons. The largest absolute Gasteiger partial charge is 0.494 e. The maximum absolute atomic E-state index is 14.4. The van der Waals surface area contributed by atoms with E-state index in [-0.39, 0.29) is 29.5 Å². The molecule has 0 unspecified atom stereocenters. The molecule has 0 aliphatic carbocycles. The molecule has 11 heteroatoms. The summed E-state index contributed by atoms with van der Waals surface area (Å²) >= 11 is 6.12. The van der Waals surface area contributed by atoms with Crippen LogP contribution in [0.4, 0.5) is 10.1 Å². The molecule has 4 aromatic carbocycles. The van der Waals surface area contributed by atoms with Crippen LogP contribution in [0.15, 0.2) is 108 Å². The summed E-state index contributed by atoms with van der Waals surface area (Å²) in [6.07, 6.45) is 0.889. The Morgan fingerprint density at radius 2 is 1.52 bits per heavy atom. The number of ether oxygens (including phenoxy) is 1. The number of rotatable bonds is 15. The van der Waals surface area contributed by atoms with Gasteiger partial charge in [-0.05, 0) is 85.1 Å². The summed E-state index contributed by atoms with van der Waals surface area (Å²) in [6.45, 7) is 3.96. The Morgan fingerprint density at radius 1 is 0.870 bits per heavy atom. The molecular formula is C35H37ClFN3O5S. The van der Waals surface area contributed by atoms with Gasteiger partial charge in [0.2, 0.25) is 11.8 Å². The van der Waals surface area contributed by atoms with Crippen molar-refractivity contribution >= 4 is 39.1 Å². The van der Waals surface area contributed by atoms with Crippen LogP contribution in [0.3, 0.4) is 0 Å². The zero-order valence-electron chi connectivity index (χ0n) is 25.7. The molecule has 1 atom stereocenters. The third kappa shape index (κ3) is 9.08. The van der Waals surface area contributed by atoms with Crippen molar-refractivity contribution in [3.63, 3.8) is 0 Å². The lowest BCUT2D eigenvalue weighted by Crippen LogP contribution is -2.53. The molecule has 0 saturated heterocycles. The molecule has 0 aliphatic heterocycles. The van der Waals surface area contributed by atoms with E-state index in [2.05, 4.69) is 5.32 Å². The van der Waals surface area contributed by atoms with Crippen molar-refractivity contribution in [2.24, 2.45) is 0 Å². The van der Waals surface area contributed by atoms with Gasteiger partial charge in [0.05, 0.1) is 17.2 Å². The van der Waals surface area contributed by atoms with Gasteiger partial charge in [-0.1, -0.05) is 61.0 Å². The molecule has 4 rings (SSSR count). The smallest absolute Gasteiger partial charge is 0.264 e. The Balaban J connectivity index is 1.79. The maximum atomic E-state index is 14.4. The van der Waals surface area contributed by atoms with Crippen molar-refractivity contribution in [3.8, 4) is 5.75 Å². The van der Waals surface area contributed by atoms with E-state index in [0.29, 0.717) is 35.9 Å². The number of anilines is 1. The van der Waals surface area contributed by atoms with Gasteiger partial charge in [0.1, 0.15) is 24.2 Å². The highest BCUT2D eigenvalue weighted by Crippen LogP contribution is 2.27. The van der Waals surface area contributed by atoms with Gasteiger partial charge in [0, 0.05) is 24.5 Å². The van der Waals surface area contributed by atoms with E-state index in [9.17, 15) is 22.4 Å². The van der Waals surface area contributed by atoms with Gasteiger partial charge >= 0.3 is 0 Å². The molecule has 8 nitrogen and oxygen atoms in total. The van der Waals surface area contributed by atoms with Gasteiger partial charge in [0.25, 0.3) is 10.0 Å². The van der Waals surface area contributed by atoms with E-state index in [1.165, 1.54) is 17.0 Å². The molecule has 242 valence electrons. The van der Waals surface area contributed by atoms with Gasteiger partial charge in [-0.2, -0.15) is 0 Å². The SMILES string of the molecule is CCCNC(=O)[C@@H](Cc1ccccc1)N(Cc1ccc(Cl)cc1)C(=O)CN(c1ccc(OCC)cc1)S(=O)(=O)c1ccc(F)cc1. The average molecular weight is 666 g/mol. The monoisotopic (exact) mass is 665 g/mol. The standard InChI is InChI=1S/C35H37ClFN3O5S/c1-3-22-38-35(42)33(23-26-8-6-5-7-9-26)39(24-27-10-12-28(36)13-11-27)34(41)25-40(30-16-18-31(19-17-30)45-4-2)46(43,44)32-20-14-29(37)15-21-32/h5-21,33H,3-4,22-25H2,1-2H3,(H,38,42)/t33-/m1/s1. The number of carbonyl (C=O) groups excluding carboxylic acids is 2. The summed E-state index contributed by atoms with van der Waals surface area (Å²) in [6, 6.07) is 25.9. The summed E-state index contributed by atoms with van der Waals surface area (Å²) in [5.41, 5.74) is 1.73. The van der Waals surface area contributed by atoms with Crippen molar-refractivity contribution < 1.29 is 27.1 Å². The van der Waals surface area contributed by atoms with Crippen molar-refractivity contribution in [2.45, 2.75) is 44.2 Å². The van der Waals surface area contributed by atoms with Crippen LogP contribution < -0.4 is 14.4 Å². The fourth-order valence-corrected chi connectivity index (χ4v) is 6.38. The van der Waals surface area contributed by atoms with Crippen LogP contribution in [0, 0.1) is 5.82 Å². The fraction of sp³-hybridized carbons (Fsp3) is 0.257. The minimum Gasteiger partial charge on any atom is -0.494 e. The zero-order chi connectivity index (χ0) is 33.1. The fourth-order valence-electron chi connectivity index (χ4n) is 4.84. The predicted octanol–water partition coefficient (Wildman–Crippen LogP) is 6.24. The van der Waals surface area contributed by atoms with Crippen LogP contribution in [0.1, 0.15) is 31.4 Å². The Bertz CT molecular complexity index is 1690. The molecule has 0 heterocycles. The summed E-state index contributed by atoms with van der Waals surface area (Å²) in [5, 5.41) is 3.42. The Labute approximate surface area is 274 Å². The number of sulfonamides is 1. The van der Waals surface area contributed by atoms with Crippen molar-refractivity contribution in [3.05, 3.63) is 125 Å². The highest BCUT2D eigenvalue weighted by atomic mass is 35.5. The number of amides is 2. The lowest BCUT2D eigenvalue weighted by atomic mass is 10.0. The van der Waals surface area contributed by atoms with Crippen molar-refractivity contribution in [1.29, 1.82) is 0 Å². The van der Waals surface area contributed by atoms with Crippen molar-refractivity contribution in [1.82, 2.24) is 10.2 Å². The lowest BCUT2D eigenvalue weighted by Gasteiger charge is -2.34. The zero-order valence-corrected chi connectivity index (χ0v) is 27.3. The summed E-state index contributed by atoms with van der Waals surface area (Å²) in [5.74, 6) is -1.04. The second-order valence-corrected chi connectivity index (χ2v) is 12.8. The second kappa shape index (κ2) is 16.2. The molecule has 0 aromatic heterocycles. The first-order valence-electron chi connectivity index (χ1n) is 15.0. The number of hydrogen-bond acceptors (Lipinski definition) is 5. The van der Waals surface area contributed by atoms with Gasteiger partial charge < -0.3 is 15.0 Å². The molecular weight excluding hydrogens is 629 g/mol. The molecule has 0 fully saturated rings. The Hall–Kier alpha value is -4.41. The van der Waals surface area contributed by atoms with E-state index in [0.717, 1.165) is 34.1 Å². The van der Waals surface area contributed by atoms with E-state index >= 15 is 0 Å². The number of nitrogens with one attached hydrogen (secondary N) is 1. The van der Waals surface area contributed by atoms with Crippen molar-refractivity contribution in [2.75, 3.05) is 24.0 Å². The molecule has 46 heavy (non-hydrogen) atoms. The number of carbonyl (C=O) groups is 2. The molecule has 2 amide bonds. The van der Waals surface area contributed by atoms with Crippen LogP contribution in [-0.4, -0.2) is 50.9 Å². The van der Waals surface area contributed by atoms with Crippen LogP contribution in [0.5, 0.6) is 5.75 Å². The highest BCUT2D eigenvalue weighted by molar-refractivity contribution is 7.92. The first-order chi connectivity index (χ1) is 22.1. The van der Waals surface area contributed by atoms with E-state index < -0.39 is 34.3 Å². The van der Waals surface area contributed by atoms with Crippen LogP contribution in [0.2, 0.25) is 5.02 Å². The number of benzene rings is 4. The molecule has 1 N–H and O–H groups in total. The van der Waals surface area contributed by atoms with Gasteiger partial charge in [0.15, 0.2) is 0 Å². The first kappa shape index (κ1) is 34.5. The van der Waals surface area contributed by atoms with E-state index in [4.69, 9.17) is 16.3 Å². The summed E-state index contributed by atoms with van der Waals surface area (Å²) in [7, 11) is -4.36. The molecule has 0 spiro atoms. The molecule has 0 saturated carbocycles.